The van der Waals surface area contributed by atoms with E-state index in [1.54, 1.807) is 0 Å². The van der Waals surface area contributed by atoms with E-state index in [1.165, 1.54) is 5.56 Å². The molecule has 0 spiro atoms. The van der Waals surface area contributed by atoms with Crippen LogP contribution in [0.3, 0.4) is 0 Å². The summed E-state index contributed by atoms with van der Waals surface area (Å²) in [5.41, 5.74) is 4.80. The number of rotatable bonds is 5. The second-order valence-corrected chi connectivity index (χ2v) is 8.85. The molecule has 0 radical (unpaired) electrons. The zero-order chi connectivity index (χ0) is 22.0. The molecule has 3 aromatic rings. The molecule has 1 amide bonds. The van der Waals surface area contributed by atoms with E-state index in [9.17, 15) is 4.79 Å². The van der Waals surface area contributed by atoms with Crippen molar-refractivity contribution in [3.8, 4) is 0 Å². The summed E-state index contributed by atoms with van der Waals surface area (Å²) in [6.45, 7) is 8.53. The van der Waals surface area contributed by atoms with Crippen LogP contribution in [0.1, 0.15) is 32.9 Å². The molecule has 5 nitrogen and oxygen atoms in total. The van der Waals surface area contributed by atoms with Gasteiger partial charge in [-0.15, -0.1) is 0 Å². The molecule has 0 bridgehead atoms. The highest BCUT2D eigenvalue weighted by molar-refractivity contribution is 6.31. The van der Waals surface area contributed by atoms with Crippen LogP contribution >= 0.6 is 23.2 Å². The Bertz CT molecular complexity index is 1070. The molecule has 1 aliphatic rings. The predicted octanol–water partition coefficient (Wildman–Crippen LogP) is 4.81. The molecule has 1 fully saturated rings. The van der Waals surface area contributed by atoms with Gasteiger partial charge in [0.1, 0.15) is 0 Å². The summed E-state index contributed by atoms with van der Waals surface area (Å²) in [5.74, 6) is 0.0862. The number of carbonyl (C=O) groups is 1. The van der Waals surface area contributed by atoms with E-state index in [4.69, 9.17) is 23.2 Å². The highest BCUT2D eigenvalue weighted by atomic mass is 35.5. The lowest BCUT2D eigenvalue weighted by Crippen LogP contribution is -2.48. The number of aryl methyl sites for hydroxylation is 1. The molecule has 0 atom stereocenters. The van der Waals surface area contributed by atoms with Crippen molar-refractivity contribution in [2.24, 2.45) is 0 Å². The first-order valence-electron chi connectivity index (χ1n) is 10.5. The van der Waals surface area contributed by atoms with Crippen molar-refractivity contribution < 1.29 is 4.79 Å². The van der Waals surface area contributed by atoms with E-state index >= 15 is 0 Å². The molecule has 31 heavy (non-hydrogen) atoms. The molecule has 0 N–H and O–H groups in total. The first-order chi connectivity index (χ1) is 14.9. The number of nitrogens with zero attached hydrogens (tertiary/aromatic N) is 4. The van der Waals surface area contributed by atoms with Crippen LogP contribution in [0.5, 0.6) is 0 Å². The molecule has 162 valence electrons. The molecular formula is C24H26Cl2N4O. The maximum Gasteiger partial charge on any atom is 0.253 e. The minimum absolute atomic E-state index is 0.0862. The Balaban J connectivity index is 1.33. The fraction of sp³-hybridized carbons (Fsp3) is 0.333. The van der Waals surface area contributed by atoms with Crippen LogP contribution in [0, 0.1) is 13.8 Å². The van der Waals surface area contributed by atoms with Crippen molar-refractivity contribution >= 4 is 29.1 Å². The number of aromatic nitrogens is 2. The minimum atomic E-state index is 0.0862. The fourth-order valence-corrected chi connectivity index (χ4v) is 4.29. The first kappa shape index (κ1) is 21.9. The molecule has 0 unspecified atom stereocenters. The molecular weight excluding hydrogens is 431 g/mol. The molecule has 1 saturated heterocycles. The van der Waals surface area contributed by atoms with E-state index in [2.05, 4.69) is 16.1 Å². The molecule has 1 aliphatic heterocycles. The number of amides is 1. The van der Waals surface area contributed by atoms with Crippen molar-refractivity contribution in [2.75, 3.05) is 26.2 Å². The Hall–Kier alpha value is -2.34. The zero-order valence-electron chi connectivity index (χ0n) is 17.8. The van der Waals surface area contributed by atoms with E-state index in [1.807, 2.05) is 65.9 Å². The Kier molecular flexibility index (Phi) is 6.65. The van der Waals surface area contributed by atoms with E-state index in [-0.39, 0.29) is 5.91 Å². The average Bonchev–Trinajstić information content (AvgIpc) is 3.01. The monoisotopic (exact) mass is 456 g/mol. The fourth-order valence-electron chi connectivity index (χ4n) is 3.94. The molecule has 0 aliphatic carbocycles. The number of halogens is 2. The van der Waals surface area contributed by atoms with Crippen molar-refractivity contribution in [3.05, 3.63) is 86.7 Å². The highest BCUT2D eigenvalue weighted by Gasteiger charge is 2.22. The summed E-state index contributed by atoms with van der Waals surface area (Å²) < 4.78 is 1.90. The predicted molar refractivity (Wildman–Crippen MR) is 125 cm³/mol. The van der Waals surface area contributed by atoms with Gasteiger partial charge in [-0.2, -0.15) is 5.10 Å². The van der Waals surface area contributed by atoms with Crippen LogP contribution in [0.25, 0.3) is 0 Å². The Labute approximate surface area is 193 Å². The van der Waals surface area contributed by atoms with Gasteiger partial charge in [0, 0.05) is 43.3 Å². The third-order valence-corrected chi connectivity index (χ3v) is 6.56. The number of hydrogen-bond donors (Lipinski definition) is 0. The van der Waals surface area contributed by atoms with Gasteiger partial charge in [0.15, 0.2) is 0 Å². The van der Waals surface area contributed by atoms with E-state index in [0.29, 0.717) is 11.6 Å². The number of piperazine rings is 1. The molecule has 7 heteroatoms. The Morgan fingerprint density at radius 2 is 1.65 bits per heavy atom. The van der Waals surface area contributed by atoms with Gasteiger partial charge in [0.05, 0.1) is 23.0 Å². The van der Waals surface area contributed by atoms with Crippen molar-refractivity contribution in [1.29, 1.82) is 0 Å². The maximum atomic E-state index is 12.9. The number of hydrogen-bond acceptors (Lipinski definition) is 3. The van der Waals surface area contributed by atoms with Crippen LogP contribution in [0.4, 0.5) is 0 Å². The van der Waals surface area contributed by atoms with Gasteiger partial charge in [-0.3, -0.25) is 14.4 Å². The summed E-state index contributed by atoms with van der Waals surface area (Å²) in [7, 11) is 0. The normalized spacial score (nSPS) is 14.8. The van der Waals surface area contributed by atoms with Crippen LogP contribution in [0.2, 0.25) is 10.0 Å². The third-order valence-electron chi connectivity index (χ3n) is 5.78. The van der Waals surface area contributed by atoms with Crippen molar-refractivity contribution in [2.45, 2.75) is 26.9 Å². The van der Waals surface area contributed by atoms with Crippen LogP contribution in [-0.2, 0) is 13.1 Å². The Morgan fingerprint density at radius 3 is 2.26 bits per heavy atom. The molecule has 0 saturated carbocycles. The van der Waals surface area contributed by atoms with Crippen molar-refractivity contribution in [3.63, 3.8) is 0 Å². The first-order valence-corrected chi connectivity index (χ1v) is 11.2. The van der Waals surface area contributed by atoms with Gasteiger partial charge < -0.3 is 4.90 Å². The van der Waals surface area contributed by atoms with Crippen LogP contribution in [-0.4, -0.2) is 51.7 Å². The largest absolute Gasteiger partial charge is 0.336 e. The third kappa shape index (κ3) is 5.12. The van der Waals surface area contributed by atoms with Gasteiger partial charge >= 0.3 is 0 Å². The van der Waals surface area contributed by atoms with Crippen molar-refractivity contribution in [1.82, 2.24) is 19.6 Å². The zero-order valence-corrected chi connectivity index (χ0v) is 19.3. The van der Waals surface area contributed by atoms with Crippen LogP contribution < -0.4 is 0 Å². The van der Waals surface area contributed by atoms with Crippen LogP contribution in [0.15, 0.2) is 48.5 Å². The van der Waals surface area contributed by atoms with Gasteiger partial charge in [-0.25, -0.2) is 0 Å². The summed E-state index contributed by atoms with van der Waals surface area (Å²) >= 11 is 12.3. The number of carbonyl (C=O) groups excluding carboxylic acids is 1. The topological polar surface area (TPSA) is 41.4 Å². The van der Waals surface area contributed by atoms with Gasteiger partial charge in [-0.05, 0) is 49.2 Å². The lowest BCUT2D eigenvalue weighted by atomic mass is 10.1. The molecule has 2 heterocycles. The van der Waals surface area contributed by atoms with Gasteiger partial charge in [0.25, 0.3) is 5.91 Å². The summed E-state index contributed by atoms with van der Waals surface area (Å²) in [5, 5.41) is 5.94. The summed E-state index contributed by atoms with van der Waals surface area (Å²) in [6, 6.07) is 15.8. The number of benzene rings is 2. The molecule has 1 aromatic heterocycles. The highest BCUT2D eigenvalue weighted by Crippen LogP contribution is 2.20. The SMILES string of the molecule is Cc1nn(Cc2ccc(C(=O)N3CCN(Cc4cccc(Cl)c4)CC3)cc2)c(C)c1Cl. The second-order valence-electron chi connectivity index (χ2n) is 8.04. The maximum absolute atomic E-state index is 12.9. The van der Waals surface area contributed by atoms with E-state index in [0.717, 1.165) is 60.3 Å². The summed E-state index contributed by atoms with van der Waals surface area (Å²) in [4.78, 5) is 17.2. The molecule has 2 aromatic carbocycles. The smallest absolute Gasteiger partial charge is 0.253 e. The lowest BCUT2D eigenvalue weighted by molar-refractivity contribution is 0.0628. The summed E-state index contributed by atoms with van der Waals surface area (Å²) in [6.07, 6.45) is 0. The minimum Gasteiger partial charge on any atom is -0.336 e. The Morgan fingerprint density at radius 1 is 0.935 bits per heavy atom. The van der Waals surface area contributed by atoms with Gasteiger partial charge in [-0.1, -0.05) is 47.5 Å². The van der Waals surface area contributed by atoms with Gasteiger partial charge in [0.2, 0.25) is 0 Å². The quantitative estimate of drug-likeness (QED) is 0.552. The average molecular weight is 457 g/mol. The standard InChI is InChI=1S/C24H26Cl2N4O/c1-17-23(26)18(2)30(27-17)16-19-6-8-21(9-7-19)24(31)29-12-10-28(11-13-29)15-20-4-3-5-22(25)14-20/h3-9,14H,10-13,15-16H2,1-2H3. The molecule has 4 rings (SSSR count). The van der Waals surface area contributed by atoms with E-state index < -0.39 is 0 Å². The second kappa shape index (κ2) is 9.43. The lowest BCUT2D eigenvalue weighted by Gasteiger charge is -2.34.